The third-order valence-electron chi connectivity index (χ3n) is 5.55. The van der Waals surface area contributed by atoms with E-state index in [1.54, 1.807) is 0 Å². The Morgan fingerprint density at radius 3 is 2.42 bits per heavy atom. The smallest absolute Gasteiger partial charge is 0.231 e. The van der Waals surface area contributed by atoms with Crippen molar-refractivity contribution in [2.24, 2.45) is 0 Å². The highest BCUT2D eigenvalue weighted by Crippen LogP contribution is 2.32. The summed E-state index contributed by atoms with van der Waals surface area (Å²) in [5.41, 5.74) is 3.50. The fraction of sp³-hybridized carbons (Fsp3) is 0.478. The zero-order chi connectivity index (χ0) is 20.2. The molecule has 172 valence electrons. The molecule has 0 aromatic heterocycles. The lowest BCUT2D eigenvalue weighted by atomic mass is 10.1. The van der Waals surface area contributed by atoms with Gasteiger partial charge in [0, 0.05) is 39.3 Å². The highest BCUT2D eigenvalue weighted by Gasteiger charge is 2.21. The summed E-state index contributed by atoms with van der Waals surface area (Å²) in [6.07, 6.45) is -0.490. The lowest BCUT2D eigenvalue weighted by Gasteiger charge is -2.35. The highest BCUT2D eigenvalue weighted by molar-refractivity contribution is 5.44. The van der Waals surface area contributed by atoms with Crippen molar-refractivity contribution < 1.29 is 44.1 Å². The van der Waals surface area contributed by atoms with Gasteiger partial charge in [0.2, 0.25) is 6.79 Å². The molecule has 0 saturated carbocycles. The first kappa shape index (κ1) is 25.6. The van der Waals surface area contributed by atoms with Crippen LogP contribution in [0.3, 0.4) is 0 Å². The molecule has 0 spiro atoms. The van der Waals surface area contributed by atoms with Gasteiger partial charge >= 0.3 is 0 Å². The molecule has 1 N–H and O–H groups in total. The minimum Gasteiger partial charge on any atom is -1.00 e. The molecule has 0 amide bonds. The molecule has 2 aromatic carbocycles. The fourth-order valence-corrected chi connectivity index (χ4v) is 3.83. The molecular formula is C23H30Cl2N2O4-2. The van der Waals surface area contributed by atoms with Gasteiger partial charge in [0.25, 0.3) is 0 Å². The minimum absolute atomic E-state index is 0. The average molecular weight is 469 g/mol. The van der Waals surface area contributed by atoms with E-state index < -0.39 is 6.10 Å². The molecule has 0 bridgehead atoms. The summed E-state index contributed by atoms with van der Waals surface area (Å²) in [5, 5.41) is 10.4. The van der Waals surface area contributed by atoms with Crippen LogP contribution in [0.5, 0.6) is 17.2 Å². The van der Waals surface area contributed by atoms with Crippen LogP contribution in [-0.4, -0.2) is 67.1 Å². The number of aliphatic hydroxyl groups is 1. The van der Waals surface area contributed by atoms with Gasteiger partial charge in [0.05, 0.1) is 0 Å². The van der Waals surface area contributed by atoms with E-state index >= 15 is 0 Å². The lowest BCUT2D eigenvalue weighted by molar-refractivity contribution is -0.001000. The molecule has 1 atom stereocenters. The molecule has 1 fully saturated rings. The Balaban J connectivity index is 0.00000171. The Hall–Kier alpha value is -1.70. The maximum Gasteiger partial charge on any atom is 0.231 e. The van der Waals surface area contributed by atoms with Crippen LogP contribution in [0.2, 0.25) is 0 Å². The highest BCUT2D eigenvalue weighted by atomic mass is 35.5. The van der Waals surface area contributed by atoms with E-state index in [2.05, 4.69) is 34.1 Å². The molecule has 1 saturated heterocycles. The van der Waals surface area contributed by atoms with Crippen LogP contribution in [0.1, 0.15) is 16.7 Å². The second-order valence-electron chi connectivity index (χ2n) is 8.00. The molecule has 2 heterocycles. The summed E-state index contributed by atoms with van der Waals surface area (Å²) < 4.78 is 16.7. The summed E-state index contributed by atoms with van der Waals surface area (Å²) >= 11 is 0. The number of rotatable bonds is 7. The van der Waals surface area contributed by atoms with Crippen molar-refractivity contribution in [3.05, 3.63) is 53.1 Å². The zero-order valence-corrected chi connectivity index (χ0v) is 19.5. The predicted molar refractivity (Wildman–Crippen MR) is 112 cm³/mol. The van der Waals surface area contributed by atoms with Gasteiger partial charge in [-0.15, -0.1) is 0 Å². The SMILES string of the molecule is Cc1ccc(C)c(OCC(O)CN2CCN(Cc3ccc4c(c3)OCO4)CC2)c1.[Cl-].[Cl-]. The molecule has 6 nitrogen and oxygen atoms in total. The van der Waals surface area contributed by atoms with E-state index in [0.717, 1.165) is 55.5 Å². The van der Waals surface area contributed by atoms with Crippen LogP contribution in [0.15, 0.2) is 36.4 Å². The fourth-order valence-electron chi connectivity index (χ4n) is 3.83. The van der Waals surface area contributed by atoms with Crippen LogP contribution >= 0.6 is 0 Å². The second-order valence-corrected chi connectivity index (χ2v) is 8.00. The minimum atomic E-state index is -0.490. The Labute approximate surface area is 196 Å². The molecule has 8 heteroatoms. The molecule has 1 unspecified atom stereocenters. The normalized spacial score (nSPS) is 16.9. The number of hydrogen-bond acceptors (Lipinski definition) is 6. The molecule has 0 radical (unpaired) electrons. The first-order valence-corrected chi connectivity index (χ1v) is 10.3. The van der Waals surface area contributed by atoms with Crippen LogP contribution in [0.25, 0.3) is 0 Å². The average Bonchev–Trinajstić information content (AvgIpc) is 3.18. The van der Waals surface area contributed by atoms with Crippen LogP contribution in [-0.2, 0) is 6.54 Å². The molecule has 0 aliphatic carbocycles. The van der Waals surface area contributed by atoms with Gasteiger partial charge in [0.1, 0.15) is 18.5 Å². The molecular weight excluding hydrogens is 439 g/mol. The third-order valence-corrected chi connectivity index (χ3v) is 5.55. The number of fused-ring (bicyclic) bond motifs is 1. The van der Waals surface area contributed by atoms with Crippen molar-refractivity contribution in [1.29, 1.82) is 0 Å². The molecule has 2 aromatic rings. The first-order chi connectivity index (χ1) is 14.1. The van der Waals surface area contributed by atoms with E-state index in [4.69, 9.17) is 14.2 Å². The van der Waals surface area contributed by atoms with Crippen molar-refractivity contribution in [2.45, 2.75) is 26.5 Å². The van der Waals surface area contributed by atoms with Gasteiger partial charge in [-0.2, -0.15) is 0 Å². The number of hydrogen-bond donors (Lipinski definition) is 1. The number of aryl methyl sites for hydroxylation is 2. The Morgan fingerprint density at radius 2 is 1.65 bits per heavy atom. The molecule has 4 rings (SSSR count). The maximum absolute atomic E-state index is 10.4. The number of nitrogens with zero attached hydrogens (tertiary/aromatic N) is 2. The monoisotopic (exact) mass is 468 g/mol. The van der Waals surface area contributed by atoms with Crippen LogP contribution < -0.4 is 39.0 Å². The van der Waals surface area contributed by atoms with Crippen molar-refractivity contribution in [3.63, 3.8) is 0 Å². The third kappa shape index (κ3) is 6.89. The summed E-state index contributed by atoms with van der Waals surface area (Å²) in [5.74, 6) is 2.53. The molecule has 2 aliphatic heterocycles. The van der Waals surface area contributed by atoms with Gasteiger partial charge in [0.15, 0.2) is 11.5 Å². The van der Waals surface area contributed by atoms with Gasteiger partial charge in [-0.05, 0) is 48.7 Å². The number of β-amino-alcohol motifs (C(OH)–C–C–N with tert-alkyl or cyclic N) is 1. The van der Waals surface area contributed by atoms with E-state index in [9.17, 15) is 5.11 Å². The van der Waals surface area contributed by atoms with Crippen molar-refractivity contribution in [2.75, 3.05) is 46.1 Å². The van der Waals surface area contributed by atoms with Gasteiger partial charge in [-0.1, -0.05) is 18.2 Å². The Bertz CT molecular complexity index is 844. The number of halogens is 2. The first-order valence-electron chi connectivity index (χ1n) is 10.3. The number of benzene rings is 2. The molecule has 2 aliphatic rings. The largest absolute Gasteiger partial charge is 1.00 e. The van der Waals surface area contributed by atoms with E-state index in [1.807, 2.05) is 26.0 Å². The number of piperazine rings is 1. The van der Waals surface area contributed by atoms with Crippen molar-refractivity contribution in [1.82, 2.24) is 9.80 Å². The van der Waals surface area contributed by atoms with E-state index in [0.29, 0.717) is 19.9 Å². The van der Waals surface area contributed by atoms with Gasteiger partial charge < -0.3 is 44.1 Å². The second kappa shape index (κ2) is 11.8. The standard InChI is InChI=1S/C23H30N2O4.2ClH/c1-17-3-4-18(2)22(11-17)27-15-20(26)14-25-9-7-24(8-10-25)13-19-5-6-21-23(12-19)29-16-28-21;;/h3-6,11-12,20,26H,7-10,13-16H2,1-2H3;2*1H/p-2. The van der Waals surface area contributed by atoms with Crippen molar-refractivity contribution >= 4 is 0 Å². The summed E-state index contributed by atoms with van der Waals surface area (Å²) in [4.78, 5) is 4.75. The topological polar surface area (TPSA) is 54.4 Å². The van der Waals surface area contributed by atoms with Crippen molar-refractivity contribution in [3.8, 4) is 17.2 Å². The maximum atomic E-state index is 10.4. The van der Waals surface area contributed by atoms with E-state index in [-0.39, 0.29) is 24.8 Å². The van der Waals surface area contributed by atoms with Crippen LogP contribution in [0.4, 0.5) is 0 Å². The van der Waals surface area contributed by atoms with E-state index in [1.165, 1.54) is 11.1 Å². The Morgan fingerprint density at radius 1 is 0.935 bits per heavy atom. The lowest BCUT2D eigenvalue weighted by Crippen LogP contribution is -3.00. The zero-order valence-electron chi connectivity index (χ0n) is 18.0. The quantitative estimate of drug-likeness (QED) is 0.457. The van der Waals surface area contributed by atoms with Crippen LogP contribution in [0, 0.1) is 13.8 Å². The molecule has 31 heavy (non-hydrogen) atoms. The summed E-state index contributed by atoms with van der Waals surface area (Å²) in [7, 11) is 0. The number of aliphatic hydroxyl groups excluding tert-OH is 1. The van der Waals surface area contributed by atoms with Gasteiger partial charge in [-0.25, -0.2) is 0 Å². The Kier molecular flexibility index (Phi) is 9.72. The van der Waals surface area contributed by atoms with Gasteiger partial charge in [-0.3, -0.25) is 9.80 Å². The summed E-state index contributed by atoms with van der Waals surface area (Å²) in [6.45, 7) is 10.1. The summed E-state index contributed by atoms with van der Waals surface area (Å²) in [6, 6.07) is 12.3. The predicted octanol–water partition coefficient (Wildman–Crippen LogP) is -3.40. The number of ether oxygens (including phenoxy) is 3.